The maximum Gasteiger partial charge on any atom is 0.00697 e. The van der Waals surface area contributed by atoms with Crippen molar-refractivity contribution in [1.82, 2.24) is 5.32 Å². The van der Waals surface area contributed by atoms with Crippen molar-refractivity contribution in [3.8, 4) is 0 Å². The summed E-state index contributed by atoms with van der Waals surface area (Å²) >= 11 is 0. The number of benzene rings is 1. The molecular formula is C26H39N. The third kappa shape index (κ3) is 7.14. The van der Waals surface area contributed by atoms with Crippen LogP contribution in [0.5, 0.6) is 0 Å². The van der Waals surface area contributed by atoms with Gasteiger partial charge in [-0.3, -0.25) is 0 Å². The van der Waals surface area contributed by atoms with E-state index in [0.29, 0.717) is 16.7 Å². The first-order valence-corrected chi connectivity index (χ1v) is 10.4. The number of allylic oxidation sites excluding steroid dienone is 3. The van der Waals surface area contributed by atoms with E-state index in [2.05, 4.69) is 83.8 Å². The van der Waals surface area contributed by atoms with E-state index in [0.717, 1.165) is 19.5 Å². The first-order valence-electron chi connectivity index (χ1n) is 10.4. The Bertz CT molecular complexity index is 692. The van der Waals surface area contributed by atoms with Gasteiger partial charge in [-0.15, -0.1) is 0 Å². The summed E-state index contributed by atoms with van der Waals surface area (Å²) < 4.78 is 0. The van der Waals surface area contributed by atoms with Gasteiger partial charge in [-0.25, -0.2) is 0 Å². The summed E-state index contributed by atoms with van der Waals surface area (Å²) in [5, 5.41) is 3.67. The van der Waals surface area contributed by atoms with E-state index in [4.69, 9.17) is 0 Å². The summed E-state index contributed by atoms with van der Waals surface area (Å²) in [6, 6.07) is 6.90. The highest BCUT2D eigenvalue weighted by molar-refractivity contribution is 5.70. The van der Waals surface area contributed by atoms with Crippen molar-refractivity contribution in [2.45, 2.75) is 66.7 Å². The fourth-order valence-electron chi connectivity index (χ4n) is 3.78. The van der Waals surface area contributed by atoms with Crippen LogP contribution in [0.15, 0.2) is 42.5 Å². The van der Waals surface area contributed by atoms with E-state index in [-0.39, 0.29) is 0 Å². The Morgan fingerprint density at radius 1 is 1.04 bits per heavy atom. The fraction of sp³-hybridized carbons (Fsp3) is 0.538. The molecule has 0 spiro atoms. The molecule has 0 aromatic heterocycles. The van der Waals surface area contributed by atoms with Crippen LogP contribution in [0.4, 0.5) is 0 Å². The molecule has 0 saturated heterocycles. The molecule has 1 N–H and O–H groups in total. The first-order chi connectivity index (χ1) is 12.6. The van der Waals surface area contributed by atoms with Gasteiger partial charge in [0, 0.05) is 5.92 Å². The highest BCUT2D eigenvalue weighted by atomic mass is 14.8. The lowest BCUT2D eigenvalue weighted by Crippen LogP contribution is -2.23. The van der Waals surface area contributed by atoms with Gasteiger partial charge in [0.15, 0.2) is 0 Å². The lowest BCUT2D eigenvalue weighted by atomic mass is 9.81. The summed E-state index contributed by atoms with van der Waals surface area (Å²) in [4.78, 5) is 0. The normalized spacial score (nSPS) is 17.3. The second-order valence-corrected chi connectivity index (χ2v) is 10.3. The maximum atomic E-state index is 3.77. The molecule has 1 unspecified atom stereocenters. The van der Waals surface area contributed by atoms with Gasteiger partial charge in [-0.1, -0.05) is 90.1 Å². The minimum absolute atomic E-state index is 0.317. The Hall–Kier alpha value is -1.60. The van der Waals surface area contributed by atoms with Crippen molar-refractivity contribution in [3.63, 3.8) is 0 Å². The average molecular weight is 366 g/mol. The predicted molar refractivity (Wildman–Crippen MR) is 122 cm³/mol. The first kappa shape index (κ1) is 21.7. The third-order valence-electron chi connectivity index (χ3n) is 5.10. The van der Waals surface area contributed by atoms with Gasteiger partial charge in [0.2, 0.25) is 0 Å². The monoisotopic (exact) mass is 365 g/mol. The molecule has 1 aromatic rings. The zero-order chi connectivity index (χ0) is 20.1. The predicted octanol–water partition coefficient (Wildman–Crippen LogP) is 7.22. The molecule has 1 atom stereocenters. The standard InChI is InChI=1S/C26H39N/c1-8-9-10-20-11-12-23-21(17-20)18-22(19-26(5,6)7)24(23)13-15-27-16-14-25(2,3)4/h8-12,17-18,24,27H,1,13-16,19H2,2-7H3/b10-9+. The van der Waals surface area contributed by atoms with Crippen LogP contribution in [-0.2, 0) is 0 Å². The van der Waals surface area contributed by atoms with Crippen LogP contribution in [0.3, 0.4) is 0 Å². The summed E-state index contributed by atoms with van der Waals surface area (Å²) in [7, 11) is 0. The van der Waals surface area contributed by atoms with Crippen LogP contribution in [0, 0.1) is 10.8 Å². The van der Waals surface area contributed by atoms with Gasteiger partial charge in [-0.2, -0.15) is 0 Å². The van der Waals surface area contributed by atoms with Crippen LogP contribution in [0.1, 0.15) is 83.4 Å². The van der Waals surface area contributed by atoms with Gasteiger partial charge in [-0.05, 0) is 65.9 Å². The van der Waals surface area contributed by atoms with Crippen LogP contribution < -0.4 is 5.32 Å². The van der Waals surface area contributed by atoms with E-state index < -0.39 is 0 Å². The third-order valence-corrected chi connectivity index (χ3v) is 5.10. The van der Waals surface area contributed by atoms with Crippen LogP contribution in [-0.4, -0.2) is 13.1 Å². The quantitative estimate of drug-likeness (QED) is 0.379. The Kier molecular flexibility index (Phi) is 7.28. The Labute approximate surface area is 167 Å². The van der Waals surface area contributed by atoms with Crippen molar-refractivity contribution < 1.29 is 0 Å². The highest BCUT2D eigenvalue weighted by Crippen LogP contribution is 2.43. The second-order valence-electron chi connectivity index (χ2n) is 10.3. The SMILES string of the molecule is C=C/C=C/c1ccc2c(c1)C=C(CC(C)(C)C)C2CCNCCC(C)(C)C. The molecule has 1 aliphatic rings. The largest absolute Gasteiger partial charge is 0.317 e. The molecule has 0 amide bonds. The number of hydrogen-bond acceptors (Lipinski definition) is 1. The van der Waals surface area contributed by atoms with Crippen LogP contribution >= 0.6 is 0 Å². The van der Waals surface area contributed by atoms with Gasteiger partial charge in [0.1, 0.15) is 0 Å². The molecule has 27 heavy (non-hydrogen) atoms. The van der Waals surface area contributed by atoms with E-state index >= 15 is 0 Å². The zero-order valence-electron chi connectivity index (χ0n) is 18.4. The van der Waals surface area contributed by atoms with E-state index in [1.165, 1.54) is 29.5 Å². The molecule has 1 heteroatoms. The lowest BCUT2D eigenvalue weighted by Gasteiger charge is -2.25. The van der Waals surface area contributed by atoms with Gasteiger partial charge in [0.25, 0.3) is 0 Å². The topological polar surface area (TPSA) is 12.0 Å². The second kappa shape index (κ2) is 9.06. The van der Waals surface area contributed by atoms with E-state index in [1.54, 1.807) is 5.57 Å². The van der Waals surface area contributed by atoms with Crippen molar-refractivity contribution >= 4 is 12.2 Å². The summed E-state index contributed by atoms with van der Waals surface area (Å²) in [6.07, 6.45) is 12.0. The fourth-order valence-corrected chi connectivity index (χ4v) is 3.78. The molecule has 0 radical (unpaired) electrons. The molecule has 0 bridgehead atoms. The van der Waals surface area contributed by atoms with E-state index in [9.17, 15) is 0 Å². The number of fused-ring (bicyclic) bond motifs is 1. The highest BCUT2D eigenvalue weighted by Gasteiger charge is 2.27. The summed E-state index contributed by atoms with van der Waals surface area (Å²) in [5.41, 5.74) is 6.48. The summed E-state index contributed by atoms with van der Waals surface area (Å²) in [6.45, 7) is 19.9. The molecule has 0 saturated carbocycles. The number of hydrogen-bond donors (Lipinski definition) is 1. The molecular weight excluding hydrogens is 326 g/mol. The maximum absolute atomic E-state index is 3.77. The summed E-state index contributed by atoms with van der Waals surface area (Å²) in [5.74, 6) is 0.554. The molecule has 2 rings (SSSR count). The van der Waals surface area contributed by atoms with Gasteiger partial charge in [0.05, 0.1) is 0 Å². The molecule has 0 fully saturated rings. The van der Waals surface area contributed by atoms with Crippen molar-refractivity contribution in [2.75, 3.05) is 13.1 Å². The minimum Gasteiger partial charge on any atom is -0.317 e. The van der Waals surface area contributed by atoms with Crippen molar-refractivity contribution in [2.24, 2.45) is 10.8 Å². The molecule has 0 aliphatic heterocycles. The lowest BCUT2D eigenvalue weighted by molar-refractivity contribution is 0.364. The van der Waals surface area contributed by atoms with Crippen molar-refractivity contribution in [3.05, 3.63) is 59.2 Å². The molecule has 1 nitrogen and oxygen atoms in total. The van der Waals surface area contributed by atoms with Crippen molar-refractivity contribution in [1.29, 1.82) is 0 Å². The number of nitrogens with one attached hydrogen (secondary N) is 1. The Balaban J connectivity index is 2.10. The molecule has 1 aliphatic carbocycles. The van der Waals surface area contributed by atoms with Gasteiger partial charge < -0.3 is 5.32 Å². The molecule has 0 heterocycles. The average Bonchev–Trinajstić information content (AvgIpc) is 2.86. The Morgan fingerprint density at radius 3 is 2.41 bits per heavy atom. The molecule has 1 aromatic carbocycles. The van der Waals surface area contributed by atoms with Crippen LogP contribution in [0.2, 0.25) is 0 Å². The van der Waals surface area contributed by atoms with E-state index in [1.807, 2.05) is 12.2 Å². The molecule has 148 valence electrons. The minimum atomic E-state index is 0.317. The smallest absolute Gasteiger partial charge is 0.00697 e. The zero-order valence-corrected chi connectivity index (χ0v) is 18.4. The van der Waals surface area contributed by atoms with Crippen LogP contribution in [0.25, 0.3) is 12.2 Å². The number of rotatable bonds is 8. The Morgan fingerprint density at radius 2 is 1.78 bits per heavy atom. The van der Waals surface area contributed by atoms with Gasteiger partial charge >= 0.3 is 0 Å².